The fourth-order valence-electron chi connectivity index (χ4n) is 2.17. The molecular weight excluding hydrogens is 290 g/mol. The molecule has 3 N–H and O–H groups in total. The highest BCUT2D eigenvalue weighted by Crippen LogP contribution is 2.23. The van der Waals surface area contributed by atoms with E-state index in [0.717, 1.165) is 28.2 Å². The summed E-state index contributed by atoms with van der Waals surface area (Å²) in [7, 11) is 0. The molecule has 0 aliphatic carbocycles. The summed E-state index contributed by atoms with van der Waals surface area (Å²) >= 11 is 0. The zero-order valence-electron chi connectivity index (χ0n) is 13.6. The van der Waals surface area contributed by atoms with Crippen molar-refractivity contribution in [3.8, 4) is 0 Å². The Morgan fingerprint density at radius 3 is 2.22 bits per heavy atom. The number of carbonyl (C=O) groups is 2. The number of rotatable bonds is 5. The van der Waals surface area contributed by atoms with Gasteiger partial charge in [-0.3, -0.25) is 9.59 Å². The summed E-state index contributed by atoms with van der Waals surface area (Å²) in [5.74, 6) is -0.249. The summed E-state index contributed by atoms with van der Waals surface area (Å²) in [6.07, 6.45) is 0. The van der Waals surface area contributed by atoms with Gasteiger partial charge < -0.3 is 16.0 Å². The average Bonchev–Trinajstić information content (AvgIpc) is 2.50. The van der Waals surface area contributed by atoms with Gasteiger partial charge in [0.1, 0.15) is 0 Å². The molecule has 120 valence electrons. The molecule has 5 heteroatoms. The Morgan fingerprint density at radius 1 is 0.913 bits per heavy atom. The number of aryl methyl sites for hydroxylation is 1. The summed E-state index contributed by atoms with van der Waals surface area (Å²) < 4.78 is 0. The lowest BCUT2D eigenvalue weighted by Crippen LogP contribution is -2.22. The predicted octanol–water partition coefficient (Wildman–Crippen LogP) is 3.31. The Labute approximate surface area is 136 Å². The molecule has 0 spiro atoms. The van der Waals surface area contributed by atoms with Crippen LogP contribution < -0.4 is 16.0 Å². The summed E-state index contributed by atoms with van der Waals surface area (Å²) in [6.45, 7) is 5.51. The van der Waals surface area contributed by atoms with Gasteiger partial charge in [0.25, 0.3) is 0 Å². The number of carbonyl (C=O) groups excluding carboxylic acids is 2. The lowest BCUT2D eigenvalue weighted by Gasteiger charge is -2.13. The number of amides is 2. The summed E-state index contributed by atoms with van der Waals surface area (Å²) in [4.78, 5) is 23.2. The van der Waals surface area contributed by atoms with E-state index in [1.54, 1.807) is 0 Å². The Kier molecular flexibility index (Phi) is 5.36. The van der Waals surface area contributed by atoms with Gasteiger partial charge in [0.05, 0.1) is 6.54 Å². The van der Waals surface area contributed by atoms with Gasteiger partial charge in [-0.05, 0) is 43.7 Å². The third-order valence-corrected chi connectivity index (χ3v) is 3.42. The lowest BCUT2D eigenvalue weighted by molar-refractivity contribution is -0.115. The molecule has 5 nitrogen and oxygen atoms in total. The fraction of sp³-hybridized carbons (Fsp3) is 0.222. The molecule has 0 saturated carbocycles. The number of benzene rings is 2. The van der Waals surface area contributed by atoms with E-state index in [-0.39, 0.29) is 18.4 Å². The van der Waals surface area contributed by atoms with Crippen molar-refractivity contribution in [3.05, 3.63) is 53.6 Å². The van der Waals surface area contributed by atoms with Gasteiger partial charge in [0, 0.05) is 24.0 Å². The normalized spacial score (nSPS) is 10.0. The van der Waals surface area contributed by atoms with Crippen LogP contribution in [0.25, 0.3) is 0 Å². The van der Waals surface area contributed by atoms with E-state index in [1.807, 2.05) is 56.3 Å². The van der Waals surface area contributed by atoms with Crippen molar-refractivity contribution in [2.45, 2.75) is 20.8 Å². The zero-order valence-corrected chi connectivity index (χ0v) is 13.6. The minimum atomic E-state index is -0.127. The molecule has 2 rings (SSSR count). The van der Waals surface area contributed by atoms with Crippen LogP contribution in [0.2, 0.25) is 0 Å². The Hall–Kier alpha value is -2.82. The first-order valence-electron chi connectivity index (χ1n) is 7.43. The van der Waals surface area contributed by atoms with Gasteiger partial charge in [-0.15, -0.1) is 0 Å². The molecule has 2 aromatic rings. The molecule has 0 aliphatic rings. The molecule has 0 aliphatic heterocycles. The molecule has 0 aromatic heterocycles. The molecule has 0 atom stereocenters. The SMILES string of the molecule is CC(=O)Nc1cccc(NCC(=O)Nc2ccc(C)cc2)c1C. The highest BCUT2D eigenvalue weighted by atomic mass is 16.2. The molecule has 0 saturated heterocycles. The molecule has 0 unspecified atom stereocenters. The molecule has 2 aromatic carbocycles. The van der Waals surface area contributed by atoms with Gasteiger partial charge in [-0.25, -0.2) is 0 Å². The van der Waals surface area contributed by atoms with Crippen LogP contribution in [0.5, 0.6) is 0 Å². The molecule has 0 bridgehead atoms. The molecule has 23 heavy (non-hydrogen) atoms. The second-order valence-corrected chi connectivity index (χ2v) is 5.43. The molecular formula is C18H21N3O2. The number of anilines is 3. The van der Waals surface area contributed by atoms with Crippen LogP contribution in [0, 0.1) is 13.8 Å². The van der Waals surface area contributed by atoms with Crippen molar-refractivity contribution in [2.24, 2.45) is 0 Å². The smallest absolute Gasteiger partial charge is 0.243 e. The Morgan fingerprint density at radius 2 is 1.57 bits per heavy atom. The maximum absolute atomic E-state index is 12.0. The van der Waals surface area contributed by atoms with Crippen molar-refractivity contribution >= 4 is 28.9 Å². The predicted molar refractivity (Wildman–Crippen MR) is 93.8 cm³/mol. The fourth-order valence-corrected chi connectivity index (χ4v) is 2.17. The monoisotopic (exact) mass is 311 g/mol. The van der Waals surface area contributed by atoms with Gasteiger partial charge in [0.2, 0.25) is 11.8 Å². The maximum atomic E-state index is 12.0. The first-order valence-corrected chi connectivity index (χ1v) is 7.43. The minimum Gasteiger partial charge on any atom is -0.376 e. The number of nitrogens with one attached hydrogen (secondary N) is 3. The van der Waals surface area contributed by atoms with E-state index in [9.17, 15) is 9.59 Å². The van der Waals surface area contributed by atoms with Crippen LogP contribution in [0.15, 0.2) is 42.5 Å². The average molecular weight is 311 g/mol. The van der Waals surface area contributed by atoms with Gasteiger partial charge >= 0.3 is 0 Å². The summed E-state index contributed by atoms with van der Waals surface area (Å²) in [5, 5.41) is 8.70. The highest BCUT2D eigenvalue weighted by molar-refractivity contribution is 5.94. The summed E-state index contributed by atoms with van der Waals surface area (Å²) in [5.41, 5.74) is 4.36. The minimum absolute atomic E-state index is 0.123. The van der Waals surface area contributed by atoms with E-state index in [1.165, 1.54) is 6.92 Å². The third-order valence-electron chi connectivity index (χ3n) is 3.42. The van der Waals surface area contributed by atoms with Crippen LogP contribution in [-0.2, 0) is 9.59 Å². The molecule has 0 fully saturated rings. The first-order chi connectivity index (χ1) is 11.0. The number of hydrogen-bond donors (Lipinski definition) is 3. The number of hydrogen-bond acceptors (Lipinski definition) is 3. The molecule has 0 radical (unpaired) electrons. The zero-order chi connectivity index (χ0) is 16.8. The lowest BCUT2D eigenvalue weighted by atomic mass is 10.1. The first kappa shape index (κ1) is 16.5. The standard InChI is InChI=1S/C18H21N3O2/c1-12-7-9-15(10-8-12)21-18(23)11-19-16-5-4-6-17(13(16)2)20-14(3)22/h4-10,19H,11H2,1-3H3,(H,20,22)(H,21,23). The van der Waals surface area contributed by atoms with Gasteiger partial charge in [-0.1, -0.05) is 23.8 Å². The second-order valence-electron chi connectivity index (χ2n) is 5.43. The van der Waals surface area contributed by atoms with E-state index >= 15 is 0 Å². The van der Waals surface area contributed by atoms with Crippen molar-refractivity contribution in [2.75, 3.05) is 22.5 Å². The van der Waals surface area contributed by atoms with Gasteiger partial charge in [0.15, 0.2) is 0 Å². The van der Waals surface area contributed by atoms with Crippen molar-refractivity contribution in [1.82, 2.24) is 0 Å². The van der Waals surface area contributed by atoms with Crippen molar-refractivity contribution in [3.63, 3.8) is 0 Å². The van der Waals surface area contributed by atoms with E-state index in [0.29, 0.717) is 0 Å². The molecule has 0 heterocycles. The van der Waals surface area contributed by atoms with E-state index < -0.39 is 0 Å². The molecule has 2 amide bonds. The Balaban J connectivity index is 1.96. The van der Waals surface area contributed by atoms with Gasteiger partial charge in [-0.2, -0.15) is 0 Å². The Bertz CT molecular complexity index is 709. The maximum Gasteiger partial charge on any atom is 0.243 e. The summed E-state index contributed by atoms with van der Waals surface area (Å²) in [6, 6.07) is 13.2. The van der Waals surface area contributed by atoms with Crippen molar-refractivity contribution in [1.29, 1.82) is 0 Å². The van der Waals surface area contributed by atoms with Crippen molar-refractivity contribution < 1.29 is 9.59 Å². The van der Waals surface area contributed by atoms with Crippen LogP contribution in [-0.4, -0.2) is 18.4 Å². The third kappa shape index (κ3) is 4.85. The van der Waals surface area contributed by atoms with E-state index in [4.69, 9.17) is 0 Å². The van der Waals surface area contributed by atoms with Crippen LogP contribution >= 0.6 is 0 Å². The quantitative estimate of drug-likeness (QED) is 0.793. The topological polar surface area (TPSA) is 70.2 Å². The van der Waals surface area contributed by atoms with Crippen LogP contribution in [0.4, 0.5) is 17.1 Å². The van der Waals surface area contributed by atoms with E-state index in [2.05, 4.69) is 16.0 Å². The second kappa shape index (κ2) is 7.45. The van der Waals surface area contributed by atoms with Crippen LogP contribution in [0.1, 0.15) is 18.1 Å². The largest absolute Gasteiger partial charge is 0.376 e. The highest BCUT2D eigenvalue weighted by Gasteiger charge is 2.07. The van der Waals surface area contributed by atoms with Crippen LogP contribution in [0.3, 0.4) is 0 Å².